The van der Waals surface area contributed by atoms with Crippen molar-refractivity contribution in [2.75, 3.05) is 11.5 Å². The molecule has 0 fully saturated rings. The maximum Gasteiger partial charge on any atom is 0.267 e. The molecule has 0 saturated heterocycles. The topological polar surface area (TPSA) is 90.9 Å². The van der Waals surface area contributed by atoms with Crippen LogP contribution in [0, 0.1) is 0 Å². The minimum absolute atomic E-state index is 0.0829. The van der Waals surface area contributed by atoms with Gasteiger partial charge in [0.2, 0.25) is 0 Å². The number of hydrogen-bond acceptors (Lipinski definition) is 4. The highest BCUT2D eigenvalue weighted by Crippen LogP contribution is 2.26. The molecule has 0 atom stereocenters. The van der Waals surface area contributed by atoms with Crippen LogP contribution >= 0.6 is 0 Å². The number of nitrogens with zero attached hydrogens (tertiary/aromatic N) is 1. The van der Waals surface area contributed by atoms with E-state index in [4.69, 9.17) is 17.2 Å². The number of aromatic nitrogens is 1. The molecule has 1 heterocycles. The summed E-state index contributed by atoms with van der Waals surface area (Å²) in [7, 11) is 0. The zero-order valence-corrected chi connectivity index (χ0v) is 6.80. The lowest BCUT2D eigenvalue weighted by Gasteiger charge is -2.08. The molecule has 1 aromatic heterocycles. The second-order valence-electron chi connectivity index (χ2n) is 2.50. The van der Waals surface area contributed by atoms with Gasteiger partial charge in [0.25, 0.3) is 6.43 Å². The van der Waals surface area contributed by atoms with E-state index in [0.29, 0.717) is 5.69 Å². The number of rotatable bonds is 2. The molecule has 0 aliphatic carbocycles. The van der Waals surface area contributed by atoms with Gasteiger partial charge in [-0.3, -0.25) is 0 Å². The second-order valence-corrected chi connectivity index (χ2v) is 2.50. The maximum absolute atomic E-state index is 12.2. The van der Waals surface area contributed by atoms with Gasteiger partial charge in [-0.05, 0) is 6.07 Å². The van der Waals surface area contributed by atoms with Crippen LogP contribution in [0.15, 0.2) is 6.07 Å². The molecule has 0 unspecified atom stereocenters. The first-order valence-electron chi connectivity index (χ1n) is 3.59. The number of halogens is 2. The Morgan fingerprint density at radius 3 is 2.46 bits per heavy atom. The zero-order valence-electron chi connectivity index (χ0n) is 6.80. The molecule has 4 nitrogen and oxygen atoms in total. The van der Waals surface area contributed by atoms with Crippen molar-refractivity contribution in [3.63, 3.8) is 0 Å². The van der Waals surface area contributed by atoms with Gasteiger partial charge in [0.05, 0.1) is 16.9 Å². The van der Waals surface area contributed by atoms with Gasteiger partial charge in [0, 0.05) is 6.54 Å². The van der Waals surface area contributed by atoms with Crippen LogP contribution in [0.25, 0.3) is 0 Å². The molecule has 0 amide bonds. The Labute approximate surface area is 73.7 Å². The summed E-state index contributed by atoms with van der Waals surface area (Å²) in [6.45, 7) is 0.0829. The van der Waals surface area contributed by atoms with Gasteiger partial charge < -0.3 is 17.2 Å². The summed E-state index contributed by atoms with van der Waals surface area (Å²) < 4.78 is 24.5. The molecule has 13 heavy (non-hydrogen) atoms. The van der Waals surface area contributed by atoms with E-state index in [-0.39, 0.29) is 23.6 Å². The van der Waals surface area contributed by atoms with Gasteiger partial charge in [0.1, 0.15) is 5.82 Å². The number of anilines is 2. The van der Waals surface area contributed by atoms with Gasteiger partial charge in [0.15, 0.2) is 0 Å². The quantitative estimate of drug-likeness (QED) is 0.635. The summed E-state index contributed by atoms with van der Waals surface area (Å²) in [4.78, 5) is 3.66. The normalized spacial score (nSPS) is 10.8. The highest BCUT2D eigenvalue weighted by atomic mass is 19.3. The Hall–Kier alpha value is -1.43. The third kappa shape index (κ3) is 1.83. The predicted octanol–water partition coefficient (Wildman–Crippen LogP) is 0.642. The monoisotopic (exact) mass is 188 g/mol. The number of pyridine rings is 1. The van der Waals surface area contributed by atoms with Crippen molar-refractivity contribution < 1.29 is 8.78 Å². The van der Waals surface area contributed by atoms with Crippen molar-refractivity contribution in [3.8, 4) is 0 Å². The summed E-state index contributed by atoms with van der Waals surface area (Å²) in [6.07, 6.45) is -2.67. The van der Waals surface area contributed by atoms with Gasteiger partial charge in [-0.2, -0.15) is 0 Å². The SMILES string of the molecule is NCc1nc(N)c(C(F)F)cc1N. The fourth-order valence-corrected chi connectivity index (χ4v) is 0.938. The van der Waals surface area contributed by atoms with E-state index in [9.17, 15) is 8.78 Å². The molecule has 72 valence electrons. The predicted molar refractivity (Wildman–Crippen MR) is 45.9 cm³/mol. The van der Waals surface area contributed by atoms with E-state index < -0.39 is 6.43 Å². The van der Waals surface area contributed by atoms with Crippen molar-refractivity contribution >= 4 is 11.5 Å². The number of hydrogen-bond donors (Lipinski definition) is 3. The van der Waals surface area contributed by atoms with Crippen LogP contribution in [-0.2, 0) is 6.54 Å². The summed E-state index contributed by atoms with van der Waals surface area (Å²) in [5, 5.41) is 0. The van der Waals surface area contributed by atoms with Crippen LogP contribution in [0.1, 0.15) is 17.7 Å². The molecule has 0 aliphatic rings. The van der Waals surface area contributed by atoms with Crippen molar-refractivity contribution in [2.45, 2.75) is 13.0 Å². The number of nitrogen functional groups attached to an aromatic ring is 2. The molecule has 0 radical (unpaired) electrons. The third-order valence-electron chi connectivity index (χ3n) is 1.62. The number of alkyl halides is 2. The van der Waals surface area contributed by atoms with Gasteiger partial charge in [-0.15, -0.1) is 0 Å². The lowest BCUT2D eigenvalue weighted by molar-refractivity contribution is 0.152. The van der Waals surface area contributed by atoms with Crippen molar-refractivity contribution in [1.29, 1.82) is 0 Å². The van der Waals surface area contributed by atoms with E-state index in [1.165, 1.54) is 0 Å². The summed E-state index contributed by atoms with van der Waals surface area (Å²) in [5.74, 6) is -0.218. The van der Waals surface area contributed by atoms with Crippen LogP contribution < -0.4 is 17.2 Å². The Balaban J connectivity index is 3.20. The molecular formula is C7H10F2N4. The van der Waals surface area contributed by atoms with E-state index in [1.807, 2.05) is 0 Å². The molecule has 0 saturated carbocycles. The molecule has 6 N–H and O–H groups in total. The lowest BCUT2D eigenvalue weighted by atomic mass is 10.2. The van der Waals surface area contributed by atoms with E-state index >= 15 is 0 Å². The van der Waals surface area contributed by atoms with Crippen LogP contribution in [0.5, 0.6) is 0 Å². The van der Waals surface area contributed by atoms with E-state index in [1.54, 1.807) is 0 Å². The van der Waals surface area contributed by atoms with Crippen LogP contribution in [-0.4, -0.2) is 4.98 Å². The Morgan fingerprint density at radius 1 is 1.38 bits per heavy atom. The lowest BCUT2D eigenvalue weighted by Crippen LogP contribution is -2.09. The first-order chi connectivity index (χ1) is 6.06. The standard InChI is InChI=1S/C7H10F2N4/c8-6(9)3-1-4(11)5(2-10)13-7(3)12/h1,6H,2,10-11H2,(H2,12,13). The Kier molecular flexibility index (Phi) is 2.62. The highest BCUT2D eigenvalue weighted by Gasteiger charge is 2.14. The average molecular weight is 188 g/mol. The fraction of sp³-hybridized carbons (Fsp3) is 0.286. The Morgan fingerprint density at radius 2 is 2.00 bits per heavy atom. The van der Waals surface area contributed by atoms with Crippen LogP contribution in [0.2, 0.25) is 0 Å². The minimum Gasteiger partial charge on any atom is -0.397 e. The first kappa shape index (κ1) is 9.66. The third-order valence-corrected chi connectivity index (χ3v) is 1.62. The summed E-state index contributed by atoms with van der Waals surface area (Å²) in [5.41, 5.74) is 16.1. The first-order valence-corrected chi connectivity index (χ1v) is 3.59. The zero-order chi connectivity index (χ0) is 10.0. The van der Waals surface area contributed by atoms with E-state index in [0.717, 1.165) is 6.07 Å². The molecule has 0 aliphatic heterocycles. The van der Waals surface area contributed by atoms with Crippen LogP contribution in [0.3, 0.4) is 0 Å². The van der Waals surface area contributed by atoms with Crippen molar-refractivity contribution in [3.05, 3.63) is 17.3 Å². The molecule has 0 bridgehead atoms. The largest absolute Gasteiger partial charge is 0.397 e. The summed E-state index contributed by atoms with van der Waals surface area (Å²) >= 11 is 0. The van der Waals surface area contributed by atoms with Crippen molar-refractivity contribution in [1.82, 2.24) is 4.98 Å². The molecule has 1 rings (SSSR count). The van der Waals surface area contributed by atoms with Crippen LogP contribution in [0.4, 0.5) is 20.3 Å². The smallest absolute Gasteiger partial charge is 0.267 e. The fourth-order valence-electron chi connectivity index (χ4n) is 0.938. The maximum atomic E-state index is 12.2. The molecule has 1 aromatic rings. The number of nitrogens with two attached hydrogens (primary N) is 3. The van der Waals surface area contributed by atoms with Gasteiger partial charge >= 0.3 is 0 Å². The highest BCUT2D eigenvalue weighted by molar-refractivity contribution is 5.54. The van der Waals surface area contributed by atoms with Crippen molar-refractivity contribution in [2.24, 2.45) is 5.73 Å². The average Bonchev–Trinajstić information content (AvgIpc) is 2.07. The molecular weight excluding hydrogens is 178 g/mol. The second kappa shape index (κ2) is 3.53. The molecule has 0 aromatic carbocycles. The van der Waals surface area contributed by atoms with Gasteiger partial charge in [-0.25, -0.2) is 13.8 Å². The van der Waals surface area contributed by atoms with Gasteiger partial charge in [-0.1, -0.05) is 0 Å². The molecule has 0 spiro atoms. The van der Waals surface area contributed by atoms with E-state index in [2.05, 4.69) is 4.98 Å². The summed E-state index contributed by atoms with van der Waals surface area (Å²) in [6, 6.07) is 1.11. The molecule has 6 heteroatoms. The Bertz CT molecular complexity index is 314. The minimum atomic E-state index is -2.67.